The molecule has 0 radical (unpaired) electrons. The fourth-order valence-electron chi connectivity index (χ4n) is 4.30. The van der Waals surface area contributed by atoms with E-state index in [-0.39, 0.29) is 6.03 Å². The van der Waals surface area contributed by atoms with E-state index in [1.807, 2.05) is 25.3 Å². The third-order valence-electron chi connectivity index (χ3n) is 6.00. The summed E-state index contributed by atoms with van der Waals surface area (Å²) >= 11 is 0. The number of rotatable bonds is 3. The first kappa shape index (κ1) is 19.9. The van der Waals surface area contributed by atoms with Gasteiger partial charge in [-0.25, -0.2) is 14.8 Å². The monoisotopic (exact) mass is 400 g/mol. The fourth-order valence-corrected chi connectivity index (χ4v) is 4.30. The molecule has 0 spiro atoms. The average molecular weight is 401 g/mol. The van der Waals surface area contributed by atoms with Gasteiger partial charge in [-0.2, -0.15) is 0 Å². The number of fused-ring (bicyclic) bond motifs is 1. The quantitative estimate of drug-likeness (QED) is 0.793. The van der Waals surface area contributed by atoms with Crippen LogP contribution in [-0.2, 0) is 4.74 Å². The lowest BCUT2D eigenvalue weighted by Crippen LogP contribution is -2.43. The van der Waals surface area contributed by atoms with Crippen LogP contribution in [-0.4, -0.2) is 83.9 Å². The van der Waals surface area contributed by atoms with Crippen LogP contribution in [0.2, 0.25) is 0 Å². The number of nitrogens with zero attached hydrogens (tertiary/aromatic N) is 6. The summed E-state index contributed by atoms with van der Waals surface area (Å²) in [5, 5.41) is 0. The number of pyridine rings is 1. The second-order valence-corrected chi connectivity index (χ2v) is 8.52. The summed E-state index contributed by atoms with van der Waals surface area (Å²) in [6.45, 7) is 9.05. The van der Waals surface area contributed by atoms with Crippen LogP contribution in [0.1, 0.15) is 44.3 Å². The van der Waals surface area contributed by atoms with Crippen LogP contribution in [0, 0.1) is 0 Å². The Morgan fingerprint density at radius 1 is 1.17 bits per heavy atom. The Bertz CT molecular complexity index is 863. The van der Waals surface area contributed by atoms with Crippen LogP contribution in [0.4, 0.5) is 10.6 Å². The van der Waals surface area contributed by atoms with E-state index in [0.717, 1.165) is 74.8 Å². The van der Waals surface area contributed by atoms with E-state index >= 15 is 0 Å². The van der Waals surface area contributed by atoms with Crippen LogP contribution < -0.4 is 4.90 Å². The van der Waals surface area contributed by atoms with E-state index in [4.69, 9.17) is 14.7 Å². The van der Waals surface area contributed by atoms with Crippen molar-refractivity contribution >= 4 is 22.9 Å². The van der Waals surface area contributed by atoms with E-state index in [2.05, 4.69) is 29.4 Å². The minimum Gasteiger partial charge on any atom is -0.378 e. The summed E-state index contributed by atoms with van der Waals surface area (Å²) in [6.07, 6.45) is 3.82. The first-order valence-electron chi connectivity index (χ1n) is 10.6. The zero-order valence-electron chi connectivity index (χ0n) is 18.0. The lowest BCUT2D eigenvalue weighted by atomic mass is 9.93. The molecule has 0 unspecified atom stereocenters. The molecule has 0 saturated carbocycles. The van der Waals surface area contributed by atoms with Crippen molar-refractivity contribution in [1.29, 1.82) is 0 Å². The molecule has 0 N–H and O–H groups in total. The van der Waals surface area contributed by atoms with Crippen LogP contribution in [0.15, 0.2) is 12.4 Å². The second-order valence-electron chi connectivity index (χ2n) is 8.52. The number of carbonyl (C=O) groups is 1. The van der Waals surface area contributed by atoms with Crippen LogP contribution in [0.25, 0.3) is 11.0 Å². The van der Waals surface area contributed by atoms with Crippen molar-refractivity contribution in [1.82, 2.24) is 24.3 Å². The molecule has 158 valence electrons. The Labute approximate surface area is 172 Å². The van der Waals surface area contributed by atoms with Gasteiger partial charge in [0.25, 0.3) is 0 Å². The Balaban J connectivity index is 1.65. The number of aromatic nitrogens is 3. The molecule has 0 aromatic carbocycles. The number of hydrogen-bond donors (Lipinski definition) is 0. The maximum atomic E-state index is 12.3. The normalized spacial score (nSPS) is 18.7. The van der Waals surface area contributed by atoms with Gasteiger partial charge in [-0.15, -0.1) is 0 Å². The molecule has 4 heterocycles. The Morgan fingerprint density at radius 2 is 1.86 bits per heavy atom. The highest BCUT2D eigenvalue weighted by Crippen LogP contribution is 2.33. The molecule has 2 aromatic heterocycles. The Morgan fingerprint density at radius 3 is 2.48 bits per heavy atom. The molecule has 2 saturated heterocycles. The van der Waals surface area contributed by atoms with Crippen molar-refractivity contribution < 1.29 is 9.53 Å². The van der Waals surface area contributed by atoms with Crippen molar-refractivity contribution in [2.45, 2.75) is 38.6 Å². The number of likely N-dealkylation sites (tertiary alicyclic amines) is 1. The highest BCUT2D eigenvalue weighted by atomic mass is 16.5. The third kappa shape index (κ3) is 3.90. The molecule has 2 amide bonds. The van der Waals surface area contributed by atoms with E-state index < -0.39 is 0 Å². The topological polar surface area (TPSA) is 66.7 Å². The number of amides is 2. The minimum absolute atomic E-state index is 0.0961. The second kappa shape index (κ2) is 8.18. The Kier molecular flexibility index (Phi) is 5.63. The number of anilines is 1. The van der Waals surface area contributed by atoms with Gasteiger partial charge >= 0.3 is 6.03 Å². The van der Waals surface area contributed by atoms with Crippen LogP contribution >= 0.6 is 0 Å². The summed E-state index contributed by atoms with van der Waals surface area (Å²) in [5.74, 6) is 1.34. The number of urea groups is 1. The van der Waals surface area contributed by atoms with Gasteiger partial charge in [0.05, 0.1) is 25.1 Å². The molecule has 29 heavy (non-hydrogen) atoms. The van der Waals surface area contributed by atoms with E-state index in [1.165, 1.54) is 0 Å². The molecule has 2 aromatic rings. The highest BCUT2D eigenvalue weighted by Gasteiger charge is 2.28. The number of piperidine rings is 1. The molecular formula is C21H32N6O2. The predicted molar refractivity (Wildman–Crippen MR) is 114 cm³/mol. The summed E-state index contributed by atoms with van der Waals surface area (Å²) in [6, 6.07) is 2.66. The van der Waals surface area contributed by atoms with Gasteiger partial charge in [0.1, 0.15) is 5.52 Å². The van der Waals surface area contributed by atoms with Gasteiger partial charge in [0.2, 0.25) is 0 Å². The third-order valence-corrected chi connectivity index (χ3v) is 6.00. The lowest BCUT2D eigenvalue weighted by molar-refractivity contribution is 0.122. The minimum atomic E-state index is 0.0961. The molecule has 2 aliphatic heterocycles. The summed E-state index contributed by atoms with van der Waals surface area (Å²) in [5.41, 5.74) is 3.25. The van der Waals surface area contributed by atoms with Crippen molar-refractivity contribution in [3.8, 4) is 0 Å². The molecule has 0 aliphatic carbocycles. The maximum absolute atomic E-state index is 12.3. The van der Waals surface area contributed by atoms with Gasteiger partial charge in [0.15, 0.2) is 5.82 Å². The number of imidazole rings is 1. The summed E-state index contributed by atoms with van der Waals surface area (Å²) in [7, 11) is 3.62. The molecule has 2 fully saturated rings. The average Bonchev–Trinajstić information content (AvgIpc) is 3.17. The van der Waals surface area contributed by atoms with E-state index in [1.54, 1.807) is 4.90 Å². The van der Waals surface area contributed by atoms with Crippen molar-refractivity contribution in [3.05, 3.63) is 18.1 Å². The van der Waals surface area contributed by atoms with E-state index in [0.29, 0.717) is 12.0 Å². The maximum Gasteiger partial charge on any atom is 0.319 e. The van der Waals surface area contributed by atoms with Gasteiger partial charge < -0.3 is 24.0 Å². The van der Waals surface area contributed by atoms with Crippen LogP contribution in [0.5, 0.6) is 0 Å². The Hall–Kier alpha value is -2.35. The standard InChI is InChI=1S/C21H32N6O2/c1-15(2)27-14-22-19-18(27)13-17(23-20(19)25-9-11-29-12-10-25)16-5-7-26(8-6-16)21(28)24(3)4/h13-16H,5-12H2,1-4H3. The smallest absolute Gasteiger partial charge is 0.319 e. The zero-order chi connectivity index (χ0) is 20.5. The molecular weight excluding hydrogens is 368 g/mol. The van der Waals surface area contributed by atoms with E-state index in [9.17, 15) is 4.79 Å². The van der Waals surface area contributed by atoms with Gasteiger partial charge in [-0.05, 0) is 32.8 Å². The lowest BCUT2D eigenvalue weighted by Gasteiger charge is -2.34. The predicted octanol–water partition coefficient (Wildman–Crippen LogP) is 2.71. The van der Waals surface area contributed by atoms with Crippen molar-refractivity contribution in [3.63, 3.8) is 0 Å². The molecule has 8 heteroatoms. The molecule has 4 rings (SSSR count). The van der Waals surface area contributed by atoms with Gasteiger partial charge in [-0.3, -0.25) is 0 Å². The SMILES string of the molecule is CC(C)n1cnc2c(N3CCOCC3)nc(C3CCN(C(=O)N(C)C)CC3)cc21. The molecule has 0 bridgehead atoms. The van der Waals surface area contributed by atoms with Gasteiger partial charge in [0, 0.05) is 57.9 Å². The molecule has 2 aliphatic rings. The molecule has 0 atom stereocenters. The van der Waals surface area contributed by atoms with Gasteiger partial charge in [-0.1, -0.05) is 0 Å². The summed E-state index contributed by atoms with van der Waals surface area (Å²) < 4.78 is 7.77. The largest absolute Gasteiger partial charge is 0.378 e. The number of carbonyl (C=O) groups excluding carboxylic acids is 1. The first-order valence-corrected chi connectivity index (χ1v) is 10.6. The number of hydrogen-bond acceptors (Lipinski definition) is 5. The summed E-state index contributed by atoms with van der Waals surface area (Å²) in [4.78, 5) is 28.0. The fraction of sp³-hybridized carbons (Fsp3) is 0.667. The number of ether oxygens (including phenoxy) is 1. The molecule has 8 nitrogen and oxygen atoms in total. The first-order chi connectivity index (χ1) is 14.0. The van der Waals surface area contributed by atoms with Crippen LogP contribution in [0.3, 0.4) is 0 Å². The zero-order valence-corrected chi connectivity index (χ0v) is 18.0. The van der Waals surface area contributed by atoms with Crippen molar-refractivity contribution in [2.75, 3.05) is 58.4 Å². The van der Waals surface area contributed by atoms with Crippen molar-refractivity contribution in [2.24, 2.45) is 0 Å². The highest BCUT2D eigenvalue weighted by molar-refractivity contribution is 5.87. The number of morpholine rings is 1.